The predicted octanol–water partition coefficient (Wildman–Crippen LogP) is 2.65. The van der Waals surface area contributed by atoms with Gasteiger partial charge in [-0.15, -0.1) is 0 Å². The van der Waals surface area contributed by atoms with Crippen LogP contribution in [0, 0.1) is 17.8 Å². The van der Waals surface area contributed by atoms with E-state index in [1.54, 1.807) is 6.92 Å². The molecule has 0 radical (unpaired) electrons. The van der Waals surface area contributed by atoms with Crippen LogP contribution in [0.2, 0.25) is 0 Å². The Morgan fingerprint density at radius 3 is 2.36 bits per heavy atom. The Balaban J connectivity index is 2.58. The van der Waals surface area contributed by atoms with Crippen LogP contribution in [0.4, 0.5) is 0 Å². The van der Waals surface area contributed by atoms with E-state index in [1.165, 1.54) is 12.8 Å². The van der Waals surface area contributed by atoms with Gasteiger partial charge in [-0.3, -0.25) is 4.79 Å². The second-order valence-corrected chi connectivity index (χ2v) is 4.06. The van der Waals surface area contributed by atoms with Gasteiger partial charge in [0.2, 0.25) is 0 Å². The zero-order chi connectivity index (χ0) is 8.43. The standard InChI is InChI=1S/C10H18O/c1-7(2)9-5-4-6-10(9)8(3)11/h7,9-10H,4-6H2,1-3H3/t9-,10-/m0/s1. The summed E-state index contributed by atoms with van der Waals surface area (Å²) >= 11 is 0. The van der Waals surface area contributed by atoms with E-state index in [-0.39, 0.29) is 0 Å². The molecule has 0 aliphatic heterocycles. The van der Waals surface area contributed by atoms with E-state index in [4.69, 9.17) is 0 Å². The summed E-state index contributed by atoms with van der Waals surface area (Å²) in [4.78, 5) is 11.2. The number of hydrogen-bond donors (Lipinski definition) is 0. The summed E-state index contributed by atoms with van der Waals surface area (Å²) in [5, 5.41) is 0. The van der Waals surface area contributed by atoms with Crippen molar-refractivity contribution < 1.29 is 4.79 Å². The van der Waals surface area contributed by atoms with Gasteiger partial charge in [-0.1, -0.05) is 20.3 Å². The topological polar surface area (TPSA) is 17.1 Å². The molecule has 0 saturated heterocycles. The Labute approximate surface area is 69.2 Å². The zero-order valence-corrected chi connectivity index (χ0v) is 7.76. The summed E-state index contributed by atoms with van der Waals surface area (Å²) in [5.41, 5.74) is 0. The van der Waals surface area contributed by atoms with Crippen LogP contribution in [0.3, 0.4) is 0 Å². The first-order chi connectivity index (χ1) is 5.13. The minimum absolute atomic E-state index is 0.384. The number of hydrogen-bond acceptors (Lipinski definition) is 1. The number of carbonyl (C=O) groups is 1. The molecule has 1 saturated carbocycles. The van der Waals surface area contributed by atoms with E-state index in [2.05, 4.69) is 13.8 Å². The van der Waals surface area contributed by atoms with E-state index in [1.807, 2.05) is 0 Å². The van der Waals surface area contributed by atoms with Crippen molar-refractivity contribution in [2.24, 2.45) is 17.8 Å². The lowest BCUT2D eigenvalue weighted by atomic mass is 9.84. The predicted molar refractivity (Wildman–Crippen MR) is 46.4 cm³/mol. The van der Waals surface area contributed by atoms with Gasteiger partial charge < -0.3 is 0 Å². The molecule has 0 aromatic carbocycles. The van der Waals surface area contributed by atoms with E-state index in [9.17, 15) is 4.79 Å². The Hall–Kier alpha value is -0.330. The van der Waals surface area contributed by atoms with Crippen LogP contribution >= 0.6 is 0 Å². The van der Waals surface area contributed by atoms with Crippen molar-refractivity contribution >= 4 is 5.78 Å². The molecule has 0 bridgehead atoms. The molecule has 1 aliphatic carbocycles. The first-order valence-electron chi connectivity index (χ1n) is 4.63. The van der Waals surface area contributed by atoms with Gasteiger partial charge in [0.25, 0.3) is 0 Å². The minimum Gasteiger partial charge on any atom is -0.300 e. The van der Waals surface area contributed by atoms with Gasteiger partial charge >= 0.3 is 0 Å². The number of rotatable bonds is 2. The SMILES string of the molecule is CC(=O)[C@@H]1CCC[C@H]1C(C)C. The summed E-state index contributed by atoms with van der Waals surface area (Å²) < 4.78 is 0. The second kappa shape index (κ2) is 3.38. The third-order valence-corrected chi connectivity index (χ3v) is 2.95. The van der Waals surface area contributed by atoms with Crippen LogP contribution in [-0.2, 0) is 4.79 Å². The lowest BCUT2D eigenvalue weighted by Gasteiger charge is -2.20. The Kier molecular flexibility index (Phi) is 2.69. The minimum atomic E-state index is 0.384. The fraction of sp³-hybridized carbons (Fsp3) is 0.900. The summed E-state index contributed by atoms with van der Waals surface area (Å²) in [5.74, 6) is 2.15. The summed E-state index contributed by atoms with van der Waals surface area (Å²) in [7, 11) is 0. The van der Waals surface area contributed by atoms with Gasteiger partial charge in [-0.2, -0.15) is 0 Å². The van der Waals surface area contributed by atoms with Crippen molar-refractivity contribution in [2.75, 3.05) is 0 Å². The number of ketones is 1. The maximum Gasteiger partial charge on any atom is 0.133 e. The van der Waals surface area contributed by atoms with E-state index in [0.717, 1.165) is 6.42 Å². The van der Waals surface area contributed by atoms with Crippen molar-refractivity contribution in [3.63, 3.8) is 0 Å². The molecule has 1 nitrogen and oxygen atoms in total. The van der Waals surface area contributed by atoms with Gasteiger partial charge in [0.05, 0.1) is 0 Å². The van der Waals surface area contributed by atoms with Crippen molar-refractivity contribution in [2.45, 2.75) is 40.0 Å². The lowest BCUT2D eigenvalue weighted by molar-refractivity contribution is -0.122. The van der Waals surface area contributed by atoms with Crippen LogP contribution in [0.5, 0.6) is 0 Å². The molecule has 0 spiro atoms. The molecule has 1 fully saturated rings. The monoisotopic (exact) mass is 154 g/mol. The average Bonchev–Trinajstić information content (AvgIpc) is 2.32. The van der Waals surface area contributed by atoms with Gasteiger partial charge in [0.15, 0.2) is 0 Å². The van der Waals surface area contributed by atoms with Crippen LogP contribution < -0.4 is 0 Å². The zero-order valence-electron chi connectivity index (χ0n) is 7.76. The summed E-state index contributed by atoms with van der Waals surface area (Å²) in [6, 6.07) is 0. The van der Waals surface area contributed by atoms with Gasteiger partial charge in [0, 0.05) is 5.92 Å². The lowest BCUT2D eigenvalue weighted by Crippen LogP contribution is -2.20. The highest BCUT2D eigenvalue weighted by Gasteiger charge is 2.32. The molecule has 11 heavy (non-hydrogen) atoms. The van der Waals surface area contributed by atoms with Crippen molar-refractivity contribution in [3.05, 3.63) is 0 Å². The summed E-state index contributed by atoms with van der Waals surface area (Å²) in [6.45, 7) is 6.20. The largest absolute Gasteiger partial charge is 0.300 e. The van der Waals surface area contributed by atoms with Crippen LogP contribution in [-0.4, -0.2) is 5.78 Å². The number of carbonyl (C=O) groups excluding carboxylic acids is 1. The maximum atomic E-state index is 11.2. The van der Waals surface area contributed by atoms with E-state index >= 15 is 0 Å². The van der Waals surface area contributed by atoms with Gasteiger partial charge in [0.1, 0.15) is 5.78 Å². The van der Waals surface area contributed by atoms with Crippen LogP contribution in [0.1, 0.15) is 40.0 Å². The smallest absolute Gasteiger partial charge is 0.133 e. The normalized spacial score (nSPS) is 31.3. The average molecular weight is 154 g/mol. The molecular formula is C10H18O. The Morgan fingerprint density at radius 2 is 2.00 bits per heavy atom. The molecule has 64 valence electrons. The van der Waals surface area contributed by atoms with Gasteiger partial charge in [-0.25, -0.2) is 0 Å². The molecule has 0 N–H and O–H groups in total. The molecular weight excluding hydrogens is 136 g/mol. The highest BCUT2D eigenvalue weighted by atomic mass is 16.1. The highest BCUT2D eigenvalue weighted by molar-refractivity contribution is 5.78. The molecule has 0 heterocycles. The third-order valence-electron chi connectivity index (χ3n) is 2.95. The molecule has 1 heteroatoms. The van der Waals surface area contributed by atoms with Crippen molar-refractivity contribution in [3.8, 4) is 0 Å². The first-order valence-corrected chi connectivity index (χ1v) is 4.63. The quantitative estimate of drug-likeness (QED) is 0.597. The van der Waals surface area contributed by atoms with Crippen molar-refractivity contribution in [1.29, 1.82) is 0 Å². The highest BCUT2D eigenvalue weighted by Crippen LogP contribution is 2.37. The fourth-order valence-electron chi connectivity index (χ4n) is 2.29. The van der Waals surface area contributed by atoms with Crippen LogP contribution in [0.25, 0.3) is 0 Å². The Bertz CT molecular complexity index is 149. The van der Waals surface area contributed by atoms with Gasteiger partial charge in [-0.05, 0) is 31.6 Å². The molecule has 1 aliphatic rings. The third kappa shape index (κ3) is 1.82. The molecule has 0 unspecified atom stereocenters. The first kappa shape index (κ1) is 8.76. The molecule has 0 amide bonds. The fourth-order valence-corrected chi connectivity index (χ4v) is 2.29. The maximum absolute atomic E-state index is 11.2. The molecule has 2 atom stereocenters. The molecule has 0 aromatic heterocycles. The Morgan fingerprint density at radius 1 is 1.36 bits per heavy atom. The molecule has 1 rings (SSSR count). The van der Waals surface area contributed by atoms with Crippen molar-refractivity contribution in [1.82, 2.24) is 0 Å². The van der Waals surface area contributed by atoms with E-state index in [0.29, 0.717) is 23.5 Å². The second-order valence-electron chi connectivity index (χ2n) is 4.06. The van der Waals surface area contributed by atoms with Crippen LogP contribution in [0.15, 0.2) is 0 Å². The summed E-state index contributed by atoms with van der Waals surface area (Å²) in [6.07, 6.45) is 3.66. The molecule has 0 aromatic rings. The van der Waals surface area contributed by atoms with E-state index < -0.39 is 0 Å². The number of Topliss-reactive ketones (excluding diaryl/α,β-unsaturated/α-hetero) is 1.